The van der Waals surface area contributed by atoms with Gasteiger partial charge in [0.25, 0.3) is 0 Å². The van der Waals surface area contributed by atoms with Gasteiger partial charge in [0.15, 0.2) is 0 Å². The molecule has 0 saturated carbocycles. The molecular formula is C23H24BrNO. The Morgan fingerprint density at radius 3 is 1.69 bits per heavy atom. The lowest BCUT2D eigenvalue weighted by Gasteiger charge is -2.33. The van der Waals surface area contributed by atoms with Gasteiger partial charge in [0.2, 0.25) is 0 Å². The molecule has 0 bridgehead atoms. The van der Waals surface area contributed by atoms with E-state index in [2.05, 4.69) is 76.3 Å². The highest BCUT2D eigenvalue weighted by Crippen LogP contribution is 2.25. The lowest BCUT2D eigenvalue weighted by molar-refractivity contribution is 0.0484. The molecule has 0 aliphatic heterocycles. The largest absolute Gasteiger partial charge is 0.387 e. The van der Waals surface area contributed by atoms with Gasteiger partial charge in [-0.25, -0.2) is 0 Å². The second-order valence-electron chi connectivity index (χ2n) is 6.61. The lowest BCUT2D eigenvalue weighted by Crippen LogP contribution is -2.36. The topological polar surface area (TPSA) is 23.5 Å². The first-order valence-corrected chi connectivity index (χ1v) is 9.68. The molecule has 0 fully saturated rings. The summed E-state index contributed by atoms with van der Waals surface area (Å²) in [7, 11) is 0. The van der Waals surface area contributed by atoms with Crippen LogP contribution in [-0.4, -0.2) is 16.0 Å². The van der Waals surface area contributed by atoms with Gasteiger partial charge in [-0.1, -0.05) is 88.7 Å². The fraction of sp³-hybridized carbons (Fsp3) is 0.217. The highest BCUT2D eigenvalue weighted by Gasteiger charge is 2.23. The van der Waals surface area contributed by atoms with Crippen LogP contribution in [0.25, 0.3) is 0 Å². The van der Waals surface area contributed by atoms with E-state index in [-0.39, 0.29) is 6.04 Å². The van der Waals surface area contributed by atoms with Gasteiger partial charge in [-0.05, 0) is 35.7 Å². The third-order valence-electron chi connectivity index (χ3n) is 4.70. The minimum Gasteiger partial charge on any atom is -0.387 e. The van der Waals surface area contributed by atoms with E-state index >= 15 is 0 Å². The monoisotopic (exact) mass is 409 g/mol. The van der Waals surface area contributed by atoms with E-state index in [0.717, 1.165) is 23.1 Å². The molecule has 2 atom stereocenters. The number of hydrogen-bond donors (Lipinski definition) is 1. The van der Waals surface area contributed by atoms with E-state index in [1.807, 2.05) is 36.4 Å². The van der Waals surface area contributed by atoms with Crippen molar-refractivity contribution in [2.75, 3.05) is 0 Å². The van der Waals surface area contributed by atoms with Gasteiger partial charge in [-0.2, -0.15) is 0 Å². The Morgan fingerprint density at radius 1 is 0.769 bits per heavy atom. The molecule has 0 heterocycles. The SMILES string of the molecule is C[C@@H]([C@@H](O)c1ccc(Br)cc1)N(Cc1ccccc1)Cc1ccccc1. The van der Waals surface area contributed by atoms with Crippen molar-refractivity contribution in [2.24, 2.45) is 0 Å². The van der Waals surface area contributed by atoms with Gasteiger partial charge in [-0.3, -0.25) is 4.90 Å². The Morgan fingerprint density at radius 2 is 1.23 bits per heavy atom. The molecule has 0 aliphatic carbocycles. The van der Waals surface area contributed by atoms with Gasteiger partial charge in [0.05, 0.1) is 6.10 Å². The van der Waals surface area contributed by atoms with Crippen LogP contribution < -0.4 is 0 Å². The molecule has 3 aromatic rings. The van der Waals surface area contributed by atoms with Gasteiger partial charge in [0.1, 0.15) is 0 Å². The molecule has 134 valence electrons. The van der Waals surface area contributed by atoms with Crippen molar-refractivity contribution in [3.63, 3.8) is 0 Å². The highest BCUT2D eigenvalue weighted by atomic mass is 79.9. The molecular weight excluding hydrogens is 386 g/mol. The normalized spacial score (nSPS) is 13.5. The summed E-state index contributed by atoms with van der Waals surface area (Å²) in [6, 6.07) is 28.8. The van der Waals surface area contributed by atoms with Crippen LogP contribution in [-0.2, 0) is 13.1 Å². The van der Waals surface area contributed by atoms with Crippen LogP contribution >= 0.6 is 15.9 Å². The third kappa shape index (κ3) is 5.04. The minimum absolute atomic E-state index is 0.0170. The summed E-state index contributed by atoms with van der Waals surface area (Å²) in [6.07, 6.45) is -0.546. The second-order valence-corrected chi connectivity index (χ2v) is 7.53. The summed E-state index contributed by atoms with van der Waals surface area (Å²) < 4.78 is 1.02. The van der Waals surface area contributed by atoms with Gasteiger partial charge in [0, 0.05) is 23.6 Å². The third-order valence-corrected chi connectivity index (χ3v) is 5.23. The second kappa shape index (κ2) is 9.13. The predicted octanol–water partition coefficient (Wildman–Crippen LogP) is 5.57. The number of hydrogen-bond acceptors (Lipinski definition) is 2. The molecule has 0 amide bonds. The molecule has 3 rings (SSSR count). The van der Waals surface area contributed by atoms with Crippen LogP contribution in [0.5, 0.6) is 0 Å². The number of benzene rings is 3. The van der Waals surface area contributed by atoms with Crippen LogP contribution in [0.4, 0.5) is 0 Å². The fourth-order valence-electron chi connectivity index (χ4n) is 3.12. The molecule has 26 heavy (non-hydrogen) atoms. The van der Waals surface area contributed by atoms with Crippen LogP contribution in [0.3, 0.4) is 0 Å². The zero-order valence-corrected chi connectivity index (χ0v) is 16.5. The first-order valence-electron chi connectivity index (χ1n) is 8.89. The molecule has 0 unspecified atom stereocenters. The lowest BCUT2D eigenvalue weighted by atomic mass is 10.0. The number of aliphatic hydroxyl groups excluding tert-OH is 1. The molecule has 0 saturated heterocycles. The van der Waals surface area contributed by atoms with E-state index in [1.54, 1.807) is 0 Å². The summed E-state index contributed by atoms with van der Waals surface area (Å²) >= 11 is 3.46. The first kappa shape index (κ1) is 18.8. The van der Waals surface area contributed by atoms with Crippen molar-refractivity contribution < 1.29 is 5.11 Å². The Bertz CT molecular complexity index is 748. The van der Waals surface area contributed by atoms with Crippen LogP contribution in [0.15, 0.2) is 89.4 Å². The highest BCUT2D eigenvalue weighted by molar-refractivity contribution is 9.10. The molecule has 0 radical (unpaired) electrons. The minimum atomic E-state index is -0.546. The van der Waals surface area contributed by atoms with Crippen LogP contribution in [0.1, 0.15) is 29.7 Å². The van der Waals surface area contributed by atoms with E-state index < -0.39 is 6.10 Å². The molecule has 1 N–H and O–H groups in total. The molecule has 0 aliphatic rings. The summed E-state index contributed by atoms with van der Waals surface area (Å²) in [6.45, 7) is 3.69. The van der Waals surface area contributed by atoms with E-state index in [4.69, 9.17) is 0 Å². The molecule has 2 nitrogen and oxygen atoms in total. The zero-order chi connectivity index (χ0) is 18.4. The van der Waals surface area contributed by atoms with Crippen LogP contribution in [0.2, 0.25) is 0 Å². The molecule has 3 aromatic carbocycles. The van der Waals surface area contributed by atoms with Gasteiger partial charge < -0.3 is 5.11 Å². The Hall–Kier alpha value is -1.94. The Labute approximate surface area is 164 Å². The number of aliphatic hydroxyl groups is 1. The average Bonchev–Trinajstić information content (AvgIpc) is 2.68. The summed E-state index contributed by atoms with van der Waals surface area (Å²) in [5.41, 5.74) is 3.43. The molecule has 0 spiro atoms. The molecule has 3 heteroatoms. The first-order chi connectivity index (χ1) is 12.6. The number of rotatable bonds is 7. The summed E-state index contributed by atoms with van der Waals surface area (Å²) in [5, 5.41) is 10.9. The Kier molecular flexibility index (Phi) is 6.62. The standard InChI is InChI=1S/C23H24BrNO/c1-18(23(26)21-12-14-22(24)15-13-21)25(16-19-8-4-2-5-9-19)17-20-10-6-3-7-11-20/h2-15,18,23,26H,16-17H2,1H3/t18-,23+/m0/s1. The maximum atomic E-state index is 10.9. The van der Waals surface area contributed by atoms with Crippen molar-refractivity contribution in [1.29, 1.82) is 0 Å². The van der Waals surface area contributed by atoms with E-state index in [9.17, 15) is 5.11 Å². The Balaban J connectivity index is 1.82. The van der Waals surface area contributed by atoms with Crippen molar-refractivity contribution in [3.05, 3.63) is 106 Å². The average molecular weight is 410 g/mol. The molecule has 0 aromatic heterocycles. The van der Waals surface area contributed by atoms with Crippen molar-refractivity contribution in [1.82, 2.24) is 4.90 Å². The van der Waals surface area contributed by atoms with Gasteiger partial charge in [-0.15, -0.1) is 0 Å². The summed E-state index contributed by atoms with van der Waals surface area (Å²) in [5.74, 6) is 0. The van der Waals surface area contributed by atoms with Crippen molar-refractivity contribution in [3.8, 4) is 0 Å². The maximum absolute atomic E-state index is 10.9. The summed E-state index contributed by atoms with van der Waals surface area (Å²) in [4.78, 5) is 2.33. The van der Waals surface area contributed by atoms with E-state index in [1.165, 1.54) is 11.1 Å². The quantitative estimate of drug-likeness (QED) is 0.550. The number of nitrogens with zero attached hydrogens (tertiary/aromatic N) is 1. The smallest absolute Gasteiger partial charge is 0.0942 e. The van der Waals surface area contributed by atoms with Crippen LogP contribution in [0, 0.1) is 0 Å². The van der Waals surface area contributed by atoms with Crippen molar-refractivity contribution >= 4 is 15.9 Å². The van der Waals surface area contributed by atoms with Crippen molar-refractivity contribution in [2.45, 2.75) is 32.2 Å². The van der Waals surface area contributed by atoms with Gasteiger partial charge >= 0.3 is 0 Å². The maximum Gasteiger partial charge on any atom is 0.0942 e. The number of halogens is 1. The predicted molar refractivity (Wildman–Crippen MR) is 111 cm³/mol. The fourth-order valence-corrected chi connectivity index (χ4v) is 3.38. The van der Waals surface area contributed by atoms with E-state index in [0.29, 0.717) is 0 Å². The zero-order valence-electron chi connectivity index (χ0n) is 14.9.